The average molecular weight is 231 g/mol. The van der Waals surface area contributed by atoms with Gasteiger partial charge in [0.25, 0.3) is 0 Å². The first kappa shape index (κ1) is 14.2. The minimum absolute atomic E-state index is 0.122. The molecule has 0 aromatic rings. The molecule has 0 aromatic carbocycles. The van der Waals surface area contributed by atoms with Gasteiger partial charge in [0.1, 0.15) is 9.68 Å². The van der Waals surface area contributed by atoms with E-state index >= 15 is 0 Å². The third-order valence-corrected chi connectivity index (χ3v) is 3.38. The van der Waals surface area contributed by atoms with Gasteiger partial charge in [0.2, 0.25) is 6.41 Å². The van der Waals surface area contributed by atoms with Crippen LogP contribution in [0.3, 0.4) is 0 Å². The summed E-state index contributed by atoms with van der Waals surface area (Å²) in [4.78, 5) is 21.6. The molecule has 0 saturated carbocycles. The third-order valence-electron chi connectivity index (χ3n) is 2.10. The van der Waals surface area contributed by atoms with Crippen LogP contribution >= 0.6 is 0 Å². The second-order valence-electron chi connectivity index (χ2n) is 3.41. The van der Waals surface area contributed by atoms with Crippen molar-refractivity contribution < 1.29 is 14.3 Å². The number of unbranched alkanes of at least 4 members (excludes halogenated alkanes) is 1. The van der Waals surface area contributed by atoms with Crippen molar-refractivity contribution in [2.24, 2.45) is 0 Å². The smallest absolute Gasteiger partial charge is 0.305 e. The monoisotopic (exact) mass is 231 g/mol. The number of rotatable bonds is 9. The summed E-state index contributed by atoms with van der Waals surface area (Å²) in [5.74, 6) is -0.122. The fourth-order valence-corrected chi connectivity index (χ4v) is 1.85. The summed E-state index contributed by atoms with van der Waals surface area (Å²) in [5, 5.41) is 0. The van der Waals surface area contributed by atoms with Gasteiger partial charge in [-0.1, -0.05) is 13.5 Å². The van der Waals surface area contributed by atoms with Gasteiger partial charge in [-0.25, -0.2) is 0 Å². The molecular weight excluding hydrogens is 210 g/mol. The lowest BCUT2D eigenvalue weighted by molar-refractivity contribution is -0.143. The Balaban J connectivity index is 3.37. The molecule has 0 aromatic heterocycles. The van der Waals surface area contributed by atoms with E-state index in [1.807, 2.05) is 11.5 Å². The lowest BCUT2D eigenvalue weighted by atomic mass is 10.2. The molecule has 0 aliphatic heterocycles. The number of carbonyl (C=O) groups is 2. The number of esters is 1. The van der Waals surface area contributed by atoms with Crippen LogP contribution < -0.4 is 0 Å². The van der Waals surface area contributed by atoms with Crippen molar-refractivity contribution in [1.82, 2.24) is 4.57 Å². The zero-order valence-electron chi connectivity index (χ0n) is 9.70. The zero-order valence-corrected chi connectivity index (χ0v) is 11.1. The van der Waals surface area contributed by atoms with Crippen molar-refractivity contribution in [2.45, 2.75) is 39.2 Å². The minimum Gasteiger partial charge on any atom is -0.466 e. The van der Waals surface area contributed by atoms with Crippen LogP contribution in [-0.4, -0.2) is 39.8 Å². The van der Waals surface area contributed by atoms with E-state index in [4.69, 9.17) is 4.74 Å². The second kappa shape index (κ2) is 9.70. The number of nitrogens with zero attached hydrogens (tertiary/aromatic N) is 1. The van der Waals surface area contributed by atoms with Crippen molar-refractivity contribution in [3.63, 3.8) is 0 Å². The summed E-state index contributed by atoms with van der Waals surface area (Å²) in [6.45, 7) is 5.35. The topological polar surface area (TPSA) is 46.6 Å². The molecule has 5 heteroatoms. The van der Waals surface area contributed by atoms with Gasteiger partial charge in [0.05, 0.1) is 6.61 Å². The first-order chi connectivity index (χ1) is 7.24. The maximum Gasteiger partial charge on any atom is 0.305 e. The molecule has 0 aliphatic carbocycles. The molecule has 4 nitrogen and oxygen atoms in total. The Labute approximate surface area is 93.9 Å². The average Bonchev–Trinajstić information content (AvgIpc) is 2.26. The fourth-order valence-electron chi connectivity index (χ4n) is 1.16. The normalized spacial score (nSPS) is 10.5. The van der Waals surface area contributed by atoms with Crippen LogP contribution in [0.15, 0.2) is 0 Å². The van der Waals surface area contributed by atoms with Crippen molar-refractivity contribution in [2.75, 3.05) is 13.2 Å². The molecule has 0 N–H and O–H groups in total. The van der Waals surface area contributed by atoms with Crippen LogP contribution in [0.4, 0.5) is 0 Å². The van der Waals surface area contributed by atoms with Gasteiger partial charge < -0.3 is 9.30 Å². The number of hydrogen-bond donors (Lipinski definition) is 0. The zero-order chi connectivity index (χ0) is 11.5. The van der Waals surface area contributed by atoms with Crippen molar-refractivity contribution >= 4 is 22.1 Å². The molecule has 0 heterocycles. The highest BCUT2D eigenvalue weighted by Gasteiger charge is 2.03. The van der Waals surface area contributed by atoms with E-state index in [9.17, 15) is 9.59 Å². The van der Waals surface area contributed by atoms with Crippen molar-refractivity contribution in [3.05, 3.63) is 0 Å². The van der Waals surface area contributed by atoms with Crippen LogP contribution in [-0.2, 0) is 14.3 Å². The van der Waals surface area contributed by atoms with Crippen LogP contribution in [0.5, 0.6) is 0 Å². The molecule has 0 atom stereocenters. The Bertz CT molecular complexity index is 188. The summed E-state index contributed by atoms with van der Waals surface area (Å²) in [6, 6.07) is 0. The van der Waals surface area contributed by atoms with Crippen LogP contribution in [0.25, 0.3) is 0 Å². The van der Waals surface area contributed by atoms with Gasteiger partial charge in [-0.15, -0.1) is 0 Å². The predicted molar refractivity (Wildman–Crippen MR) is 62.3 cm³/mol. The number of carbonyl (C=O) groups excluding carboxylic acids is 2. The highest BCUT2D eigenvalue weighted by molar-refractivity contribution is 6.33. The van der Waals surface area contributed by atoms with E-state index in [0.717, 1.165) is 32.2 Å². The summed E-state index contributed by atoms with van der Waals surface area (Å²) in [7, 11) is -0.384. The summed E-state index contributed by atoms with van der Waals surface area (Å²) >= 11 is 0. The maximum absolute atomic E-state index is 11.1. The molecule has 0 fully saturated rings. The summed E-state index contributed by atoms with van der Waals surface area (Å²) in [5.41, 5.74) is 0. The van der Waals surface area contributed by atoms with Gasteiger partial charge in [0, 0.05) is 13.0 Å². The largest absolute Gasteiger partial charge is 0.466 e. The summed E-state index contributed by atoms with van der Waals surface area (Å²) < 4.78 is 6.77. The van der Waals surface area contributed by atoms with E-state index in [1.54, 1.807) is 0 Å². The quantitative estimate of drug-likeness (QED) is 0.254. The maximum atomic E-state index is 11.1. The molecule has 0 rings (SSSR count). The van der Waals surface area contributed by atoms with Crippen LogP contribution in [0.1, 0.15) is 32.6 Å². The van der Waals surface area contributed by atoms with Gasteiger partial charge in [-0.3, -0.25) is 9.59 Å². The SMILES string of the molecule is CCCOC(=O)CCCCN(C=O)[SiH2]C. The van der Waals surface area contributed by atoms with Crippen LogP contribution in [0, 0.1) is 0 Å². The number of ether oxygens (including phenoxy) is 1. The van der Waals surface area contributed by atoms with E-state index in [2.05, 4.69) is 6.55 Å². The Morgan fingerprint density at radius 1 is 1.47 bits per heavy atom. The first-order valence-electron chi connectivity index (χ1n) is 5.59. The molecular formula is C10H21NO3Si. The Morgan fingerprint density at radius 2 is 2.20 bits per heavy atom. The molecule has 0 saturated heterocycles. The highest BCUT2D eigenvalue weighted by Crippen LogP contribution is 1.99. The van der Waals surface area contributed by atoms with E-state index in [0.29, 0.717) is 13.0 Å². The lowest BCUT2D eigenvalue weighted by Gasteiger charge is -2.13. The molecule has 0 unspecified atom stereocenters. The van der Waals surface area contributed by atoms with Crippen LogP contribution in [0.2, 0.25) is 6.55 Å². The Kier molecular flexibility index (Phi) is 9.16. The summed E-state index contributed by atoms with van der Waals surface area (Å²) in [6.07, 6.45) is 3.94. The molecule has 0 radical (unpaired) electrons. The van der Waals surface area contributed by atoms with E-state index in [-0.39, 0.29) is 15.7 Å². The minimum atomic E-state index is -0.384. The predicted octanol–water partition coefficient (Wildman–Crippen LogP) is 0.700. The van der Waals surface area contributed by atoms with Crippen molar-refractivity contribution in [1.29, 1.82) is 0 Å². The van der Waals surface area contributed by atoms with Crippen molar-refractivity contribution in [3.8, 4) is 0 Å². The molecule has 88 valence electrons. The standard InChI is InChI=1S/C10H21NO3Si/c1-3-8-14-10(13)6-4-5-7-11(9-12)15-2/h9H,3-8,15H2,1-2H3. The molecule has 0 bridgehead atoms. The Hall–Kier alpha value is -0.843. The van der Waals surface area contributed by atoms with Gasteiger partial charge in [-0.2, -0.15) is 0 Å². The van der Waals surface area contributed by atoms with E-state index < -0.39 is 0 Å². The Morgan fingerprint density at radius 3 is 2.73 bits per heavy atom. The third kappa shape index (κ3) is 8.17. The molecule has 1 amide bonds. The number of hydrogen-bond acceptors (Lipinski definition) is 3. The molecule has 0 aliphatic rings. The first-order valence-corrected chi connectivity index (χ1v) is 7.64. The highest BCUT2D eigenvalue weighted by atomic mass is 28.2. The van der Waals surface area contributed by atoms with Gasteiger partial charge in [-0.05, 0) is 19.3 Å². The molecule has 0 spiro atoms. The van der Waals surface area contributed by atoms with E-state index in [1.165, 1.54) is 0 Å². The molecule has 15 heavy (non-hydrogen) atoms. The number of amides is 1. The van der Waals surface area contributed by atoms with Gasteiger partial charge in [0.15, 0.2) is 0 Å². The van der Waals surface area contributed by atoms with Gasteiger partial charge >= 0.3 is 5.97 Å². The fraction of sp³-hybridized carbons (Fsp3) is 0.800. The lowest BCUT2D eigenvalue weighted by Crippen LogP contribution is -2.25. The second-order valence-corrected chi connectivity index (χ2v) is 4.86.